The number of alkyl halides is 3. The first-order valence-corrected chi connectivity index (χ1v) is 9.31. The smallest absolute Gasteiger partial charge is 0.312 e. The summed E-state index contributed by atoms with van der Waals surface area (Å²) in [6, 6.07) is 7.22. The maximum absolute atomic E-state index is 12.9. The predicted molar refractivity (Wildman–Crippen MR) is 91.3 cm³/mol. The number of rotatable bonds is 3. The summed E-state index contributed by atoms with van der Waals surface area (Å²) in [5.74, 6) is 0.242. The summed E-state index contributed by atoms with van der Waals surface area (Å²) in [5.41, 5.74) is -0.285. The van der Waals surface area contributed by atoms with E-state index < -0.39 is 26.8 Å². The van der Waals surface area contributed by atoms with Gasteiger partial charge in [0.1, 0.15) is 11.3 Å². The highest BCUT2D eigenvalue weighted by molar-refractivity contribution is 7.92. The molecule has 138 valence electrons. The summed E-state index contributed by atoms with van der Waals surface area (Å²) < 4.78 is 65.5. The lowest BCUT2D eigenvalue weighted by atomic mass is 10.2. The normalized spacial score (nSPS) is 12.9. The molecule has 0 N–H and O–H groups in total. The fourth-order valence-corrected chi connectivity index (χ4v) is 3.87. The molecule has 0 saturated carbocycles. The molecule has 2 heterocycles. The maximum atomic E-state index is 12.9. The zero-order valence-corrected chi connectivity index (χ0v) is 15.1. The van der Waals surface area contributed by atoms with Crippen LogP contribution < -0.4 is 0 Å². The monoisotopic (exact) mass is 383 g/mol. The topological polar surface area (TPSA) is 64.8 Å². The van der Waals surface area contributed by atoms with E-state index in [-0.39, 0.29) is 21.9 Å². The Kier molecular flexibility index (Phi) is 4.30. The van der Waals surface area contributed by atoms with Crippen LogP contribution in [0, 0.1) is 0 Å². The summed E-state index contributed by atoms with van der Waals surface area (Å²) >= 11 is 0. The zero-order valence-electron chi connectivity index (χ0n) is 14.2. The van der Waals surface area contributed by atoms with Gasteiger partial charge >= 0.3 is 6.18 Å². The van der Waals surface area contributed by atoms with Crippen LogP contribution in [0.5, 0.6) is 0 Å². The van der Waals surface area contributed by atoms with E-state index in [9.17, 15) is 21.6 Å². The minimum Gasteiger partial charge on any atom is -0.312 e. The minimum atomic E-state index is -4.53. The molecule has 2 aromatic heterocycles. The van der Waals surface area contributed by atoms with Gasteiger partial charge in [-0.05, 0) is 32.0 Å². The van der Waals surface area contributed by atoms with Gasteiger partial charge in [0.25, 0.3) is 0 Å². The van der Waals surface area contributed by atoms with Crippen LogP contribution in [0.2, 0.25) is 0 Å². The molecule has 5 nitrogen and oxygen atoms in total. The van der Waals surface area contributed by atoms with E-state index in [1.165, 1.54) is 10.6 Å². The van der Waals surface area contributed by atoms with E-state index in [4.69, 9.17) is 0 Å². The third-order valence-electron chi connectivity index (χ3n) is 4.09. The van der Waals surface area contributed by atoms with Crippen LogP contribution in [0.1, 0.15) is 19.4 Å². The van der Waals surface area contributed by atoms with Gasteiger partial charge in [0, 0.05) is 18.8 Å². The van der Waals surface area contributed by atoms with Gasteiger partial charge in [-0.3, -0.25) is 0 Å². The van der Waals surface area contributed by atoms with Crippen molar-refractivity contribution in [2.45, 2.75) is 30.2 Å². The van der Waals surface area contributed by atoms with Crippen molar-refractivity contribution in [3.8, 4) is 11.4 Å². The molecule has 0 spiro atoms. The third-order valence-corrected chi connectivity index (χ3v) is 6.30. The van der Waals surface area contributed by atoms with E-state index in [2.05, 4.69) is 9.97 Å². The first-order valence-electron chi connectivity index (χ1n) is 7.76. The summed E-state index contributed by atoms with van der Waals surface area (Å²) in [4.78, 5) is 8.16. The number of nitrogens with zero attached hydrogens (tertiary/aromatic N) is 3. The summed E-state index contributed by atoms with van der Waals surface area (Å²) in [6.45, 7) is 3.14. The number of hydrogen-bond acceptors (Lipinski definition) is 4. The molecule has 0 aliphatic heterocycles. The number of aryl methyl sites for hydroxylation is 1. The Labute approximate surface area is 148 Å². The summed E-state index contributed by atoms with van der Waals surface area (Å²) in [6.07, 6.45) is -3.79. The third kappa shape index (κ3) is 2.96. The van der Waals surface area contributed by atoms with E-state index in [1.54, 1.807) is 39.1 Å². The SMILES string of the molecule is CC(C)S(=O)(=O)c1ccccc1-c1nc2cc(C(F)(F)F)cnc2n1C. The molecule has 1 aromatic carbocycles. The van der Waals surface area contributed by atoms with E-state index in [1.807, 2.05) is 0 Å². The van der Waals surface area contributed by atoms with Gasteiger partial charge in [-0.1, -0.05) is 12.1 Å². The van der Waals surface area contributed by atoms with E-state index >= 15 is 0 Å². The molecule has 0 aliphatic rings. The molecule has 0 atom stereocenters. The maximum Gasteiger partial charge on any atom is 0.417 e. The quantitative estimate of drug-likeness (QED) is 0.689. The first kappa shape index (κ1) is 18.4. The molecule has 3 rings (SSSR count). The molecule has 0 bridgehead atoms. The molecule has 0 unspecified atom stereocenters. The lowest BCUT2D eigenvalue weighted by Gasteiger charge is -2.12. The number of hydrogen-bond donors (Lipinski definition) is 0. The van der Waals surface area contributed by atoms with Crippen molar-refractivity contribution in [3.05, 3.63) is 42.1 Å². The van der Waals surface area contributed by atoms with Gasteiger partial charge in [0.15, 0.2) is 15.5 Å². The molecule has 0 saturated heterocycles. The van der Waals surface area contributed by atoms with Crippen molar-refractivity contribution in [2.24, 2.45) is 7.05 Å². The molecule has 3 aromatic rings. The van der Waals surface area contributed by atoms with Crippen LogP contribution in [0.3, 0.4) is 0 Å². The van der Waals surface area contributed by atoms with Crippen LogP contribution in [0.4, 0.5) is 13.2 Å². The van der Waals surface area contributed by atoms with Gasteiger partial charge in [-0.25, -0.2) is 18.4 Å². The van der Waals surface area contributed by atoms with Crippen molar-refractivity contribution in [3.63, 3.8) is 0 Å². The van der Waals surface area contributed by atoms with Gasteiger partial charge < -0.3 is 4.57 Å². The largest absolute Gasteiger partial charge is 0.417 e. The second-order valence-corrected chi connectivity index (χ2v) is 8.62. The number of aromatic nitrogens is 3. The summed E-state index contributed by atoms with van der Waals surface area (Å²) in [7, 11) is -2.01. The van der Waals surface area contributed by atoms with Crippen molar-refractivity contribution < 1.29 is 21.6 Å². The highest BCUT2D eigenvalue weighted by Gasteiger charge is 2.32. The van der Waals surface area contributed by atoms with Gasteiger partial charge in [-0.15, -0.1) is 0 Å². The van der Waals surface area contributed by atoms with Gasteiger partial charge in [0.05, 0.1) is 15.7 Å². The second kappa shape index (κ2) is 6.08. The van der Waals surface area contributed by atoms with Crippen molar-refractivity contribution >= 4 is 21.0 Å². The molecular formula is C17H16F3N3O2S. The molecule has 0 aliphatic carbocycles. The van der Waals surface area contributed by atoms with Crippen LogP contribution in [-0.4, -0.2) is 28.2 Å². The average molecular weight is 383 g/mol. The summed E-state index contributed by atoms with van der Waals surface area (Å²) in [5, 5.41) is -0.645. The van der Waals surface area contributed by atoms with Gasteiger partial charge in [-0.2, -0.15) is 13.2 Å². The molecule has 26 heavy (non-hydrogen) atoms. The second-order valence-electron chi connectivity index (χ2n) is 6.15. The molecule has 0 fully saturated rings. The average Bonchev–Trinajstić information content (AvgIpc) is 2.90. The van der Waals surface area contributed by atoms with Crippen molar-refractivity contribution in [1.82, 2.24) is 14.5 Å². The number of halogens is 3. The first-order chi connectivity index (χ1) is 12.0. The number of pyridine rings is 1. The van der Waals surface area contributed by atoms with Crippen molar-refractivity contribution in [2.75, 3.05) is 0 Å². The predicted octanol–water partition coefficient (Wildman–Crippen LogP) is 3.84. The van der Waals surface area contributed by atoms with E-state index in [0.717, 1.165) is 12.3 Å². The fraction of sp³-hybridized carbons (Fsp3) is 0.294. The van der Waals surface area contributed by atoms with Crippen LogP contribution >= 0.6 is 0 Å². The number of sulfone groups is 1. The van der Waals surface area contributed by atoms with Crippen LogP contribution in [0.25, 0.3) is 22.6 Å². The van der Waals surface area contributed by atoms with Gasteiger partial charge in [0.2, 0.25) is 0 Å². The Balaban J connectivity index is 2.26. The standard InChI is InChI=1S/C17H16F3N3O2S/c1-10(2)26(24,25)14-7-5-4-6-12(14)15-22-13-8-11(17(18,19)20)9-21-16(13)23(15)3/h4-10H,1-3H3. The molecule has 0 radical (unpaired) electrons. The Morgan fingerprint density at radius 2 is 1.81 bits per heavy atom. The number of imidazole rings is 1. The highest BCUT2D eigenvalue weighted by atomic mass is 32.2. The molecule has 9 heteroatoms. The number of benzene rings is 1. The Morgan fingerprint density at radius 3 is 2.42 bits per heavy atom. The zero-order chi connectivity index (χ0) is 19.3. The lowest BCUT2D eigenvalue weighted by molar-refractivity contribution is -0.137. The van der Waals surface area contributed by atoms with Crippen molar-refractivity contribution in [1.29, 1.82) is 0 Å². The molecule has 0 amide bonds. The molecular weight excluding hydrogens is 367 g/mol. The fourth-order valence-electron chi connectivity index (χ4n) is 2.63. The Bertz CT molecular complexity index is 1090. The van der Waals surface area contributed by atoms with Crippen LogP contribution in [-0.2, 0) is 23.1 Å². The van der Waals surface area contributed by atoms with E-state index in [0.29, 0.717) is 5.56 Å². The highest BCUT2D eigenvalue weighted by Crippen LogP contribution is 2.33. The Morgan fingerprint density at radius 1 is 1.15 bits per heavy atom. The van der Waals surface area contributed by atoms with Crippen LogP contribution in [0.15, 0.2) is 41.4 Å². The minimum absolute atomic E-state index is 0.0501. The lowest BCUT2D eigenvalue weighted by Crippen LogP contribution is -2.15. The number of fused-ring (bicyclic) bond motifs is 1. The Hall–Kier alpha value is -2.42.